The maximum absolute atomic E-state index is 9.25. The number of aryl methyl sites for hydroxylation is 2. The van der Waals surface area contributed by atoms with Gasteiger partial charge in [0, 0.05) is 36.9 Å². The van der Waals surface area contributed by atoms with Gasteiger partial charge >= 0.3 is 0 Å². The summed E-state index contributed by atoms with van der Waals surface area (Å²) in [7, 11) is 0. The summed E-state index contributed by atoms with van der Waals surface area (Å²) in [6, 6.07) is 2.53. The smallest absolute Gasteiger partial charge is 0.133 e. The van der Waals surface area contributed by atoms with Gasteiger partial charge < -0.3 is 15.3 Å². The second kappa shape index (κ2) is 8.02. The van der Waals surface area contributed by atoms with E-state index in [4.69, 9.17) is 0 Å². The predicted molar refractivity (Wildman–Crippen MR) is 85.2 cm³/mol. The predicted octanol–water partition coefficient (Wildman–Crippen LogP) is 2.18. The molecule has 0 spiro atoms. The molecule has 0 unspecified atom stereocenters. The first-order valence-electron chi connectivity index (χ1n) is 7.16. The van der Waals surface area contributed by atoms with Gasteiger partial charge in [0.1, 0.15) is 5.82 Å². The topological polar surface area (TPSA) is 48.4 Å². The molecule has 112 valence electrons. The lowest BCUT2D eigenvalue weighted by Gasteiger charge is -2.26. The third-order valence-electron chi connectivity index (χ3n) is 3.16. The number of rotatable bonds is 8. The van der Waals surface area contributed by atoms with Crippen LogP contribution < -0.4 is 10.2 Å². The van der Waals surface area contributed by atoms with Gasteiger partial charge in [-0.2, -0.15) is 0 Å². The van der Waals surface area contributed by atoms with E-state index < -0.39 is 0 Å². The SMILES string of the molecule is C=CCN(CCO)c1nc(C)cc(C)c1CNC(C)C. The first kappa shape index (κ1) is 16.7. The number of nitrogens with one attached hydrogen (secondary N) is 1. The summed E-state index contributed by atoms with van der Waals surface area (Å²) in [4.78, 5) is 6.75. The Morgan fingerprint density at radius 2 is 2.15 bits per heavy atom. The molecule has 0 atom stereocenters. The van der Waals surface area contributed by atoms with Crippen LogP contribution in [0.1, 0.15) is 30.7 Å². The van der Waals surface area contributed by atoms with Crippen LogP contribution in [0.25, 0.3) is 0 Å². The van der Waals surface area contributed by atoms with Gasteiger partial charge in [0.05, 0.1) is 6.61 Å². The van der Waals surface area contributed by atoms with E-state index in [0.717, 1.165) is 18.1 Å². The molecular formula is C16H27N3O. The minimum atomic E-state index is 0.111. The summed E-state index contributed by atoms with van der Waals surface area (Å²) in [6.07, 6.45) is 1.84. The molecule has 4 heteroatoms. The average molecular weight is 277 g/mol. The van der Waals surface area contributed by atoms with Crippen molar-refractivity contribution in [1.82, 2.24) is 10.3 Å². The molecule has 0 fully saturated rings. The molecule has 0 aliphatic rings. The van der Waals surface area contributed by atoms with Crippen LogP contribution in [0.4, 0.5) is 5.82 Å². The van der Waals surface area contributed by atoms with Crippen LogP contribution in [0, 0.1) is 13.8 Å². The first-order chi connectivity index (χ1) is 9.49. The van der Waals surface area contributed by atoms with E-state index in [2.05, 4.69) is 48.6 Å². The molecule has 1 heterocycles. The molecule has 1 rings (SSSR count). The molecule has 0 amide bonds. The van der Waals surface area contributed by atoms with Gasteiger partial charge in [-0.3, -0.25) is 0 Å². The van der Waals surface area contributed by atoms with Crippen molar-refractivity contribution < 1.29 is 5.11 Å². The van der Waals surface area contributed by atoms with Crippen LogP contribution in [-0.4, -0.2) is 35.8 Å². The Kier molecular flexibility index (Phi) is 6.68. The van der Waals surface area contributed by atoms with E-state index in [1.54, 1.807) is 0 Å². The van der Waals surface area contributed by atoms with Crippen molar-refractivity contribution in [1.29, 1.82) is 0 Å². The van der Waals surface area contributed by atoms with E-state index >= 15 is 0 Å². The van der Waals surface area contributed by atoms with Gasteiger partial charge in [0.2, 0.25) is 0 Å². The highest BCUT2D eigenvalue weighted by Gasteiger charge is 2.15. The van der Waals surface area contributed by atoms with E-state index in [1.165, 1.54) is 11.1 Å². The molecule has 0 saturated carbocycles. The summed E-state index contributed by atoms with van der Waals surface area (Å²) in [5.74, 6) is 0.949. The van der Waals surface area contributed by atoms with E-state index in [-0.39, 0.29) is 6.61 Å². The zero-order valence-electron chi connectivity index (χ0n) is 13.1. The maximum Gasteiger partial charge on any atom is 0.133 e. The highest BCUT2D eigenvalue weighted by molar-refractivity contribution is 5.52. The average Bonchev–Trinajstić information content (AvgIpc) is 2.36. The van der Waals surface area contributed by atoms with Crippen molar-refractivity contribution >= 4 is 5.82 Å². The zero-order valence-corrected chi connectivity index (χ0v) is 13.1. The van der Waals surface area contributed by atoms with Crippen molar-refractivity contribution in [2.24, 2.45) is 0 Å². The Morgan fingerprint density at radius 3 is 2.70 bits per heavy atom. The van der Waals surface area contributed by atoms with E-state index in [1.807, 2.05) is 13.0 Å². The Morgan fingerprint density at radius 1 is 1.45 bits per heavy atom. The standard InChI is InChI=1S/C16H27N3O/c1-6-7-19(8-9-20)16-15(11-17-12(2)3)13(4)10-14(5)18-16/h6,10,12,17,20H,1,7-9,11H2,2-5H3. The summed E-state index contributed by atoms with van der Waals surface area (Å²) in [5.41, 5.74) is 3.42. The molecule has 0 radical (unpaired) electrons. The fraction of sp³-hybridized carbons (Fsp3) is 0.562. The molecule has 0 aromatic carbocycles. The number of nitrogens with zero attached hydrogens (tertiary/aromatic N) is 2. The molecule has 0 aliphatic carbocycles. The van der Waals surface area contributed by atoms with Crippen LogP contribution in [-0.2, 0) is 6.54 Å². The highest BCUT2D eigenvalue weighted by Crippen LogP contribution is 2.22. The number of aliphatic hydroxyl groups is 1. The summed E-state index contributed by atoms with van der Waals surface area (Å²) >= 11 is 0. The molecule has 0 saturated heterocycles. The lowest BCUT2D eigenvalue weighted by Crippen LogP contribution is -2.31. The third-order valence-corrected chi connectivity index (χ3v) is 3.16. The molecule has 1 aromatic heterocycles. The monoisotopic (exact) mass is 277 g/mol. The van der Waals surface area contributed by atoms with Crippen molar-refractivity contribution in [3.05, 3.63) is 35.5 Å². The van der Waals surface area contributed by atoms with Gasteiger partial charge in [-0.15, -0.1) is 6.58 Å². The highest BCUT2D eigenvalue weighted by atomic mass is 16.3. The van der Waals surface area contributed by atoms with Crippen LogP contribution in [0.5, 0.6) is 0 Å². The molecule has 20 heavy (non-hydrogen) atoms. The zero-order chi connectivity index (χ0) is 15.1. The maximum atomic E-state index is 9.25. The van der Waals surface area contributed by atoms with Crippen molar-refractivity contribution in [3.8, 4) is 0 Å². The summed E-state index contributed by atoms with van der Waals surface area (Å²) < 4.78 is 0. The fourth-order valence-electron chi connectivity index (χ4n) is 2.19. The Balaban J connectivity index is 3.15. The largest absolute Gasteiger partial charge is 0.395 e. The first-order valence-corrected chi connectivity index (χ1v) is 7.16. The van der Waals surface area contributed by atoms with Gasteiger partial charge in [-0.25, -0.2) is 4.98 Å². The van der Waals surface area contributed by atoms with Crippen LogP contribution in [0.15, 0.2) is 18.7 Å². The second-order valence-electron chi connectivity index (χ2n) is 5.38. The third kappa shape index (κ3) is 4.62. The van der Waals surface area contributed by atoms with Crippen molar-refractivity contribution in [2.75, 3.05) is 24.6 Å². The number of aromatic nitrogens is 1. The number of hydrogen-bond donors (Lipinski definition) is 2. The fourth-order valence-corrected chi connectivity index (χ4v) is 2.19. The Labute approximate surface area is 122 Å². The number of pyridine rings is 1. The molecule has 2 N–H and O–H groups in total. The molecule has 4 nitrogen and oxygen atoms in total. The van der Waals surface area contributed by atoms with E-state index in [9.17, 15) is 5.11 Å². The minimum Gasteiger partial charge on any atom is -0.395 e. The lowest BCUT2D eigenvalue weighted by atomic mass is 10.1. The van der Waals surface area contributed by atoms with Gasteiger partial charge in [0.25, 0.3) is 0 Å². The molecular weight excluding hydrogens is 250 g/mol. The van der Waals surface area contributed by atoms with Crippen molar-refractivity contribution in [2.45, 2.75) is 40.3 Å². The number of hydrogen-bond acceptors (Lipinski definition) is 4. The van der Waals surface area contributed by atoms with E-state index in [0.29, 0.717) is 19.1 Å². The van der Waals surface area contributed by atoms with Gasteiger partial charge in [-0.1, -0.05) is 19.9 Å². The minimum absolute atomic E-state index is 0.111. The summed E-state index contributed by atoms with van der Waals surface area (Å²) in [6.45, 7) is 14.3. The number of aliphatic hydroxyl groups excluding tert-OH is 1. The Hall–Kier alpha value is -1.39. The van der Waals surface area contributed by atoms with Gasteiger partial charge in [0.15, 0.2) is 0 Å². The van der Waals surface area contributed by atoms with Crippen molar-refractivity contribution in [3.63, 3.8) is 0 Å². The normalized spacial score (nSPS) is 10.9. The Bertz CT molecular complexity index is 444. The van der Waals surface area contributed by atoms with Crippen LogP contribution in [0.2, 0.25) is 0 Å². The van der Waals surface area contributed by atoms with Crippen LogP contribution >= 0.6 is 0 Å². The summed E-state index contributed by atoms with van der Waals surface area (Å²) in [5, 5.41) is 12.7. The van der Waals surface area contributed by atoms with Crippen LogP contribution in [0.3, 0.4) is 0 Å². The second-order valence-corrected chi connectivity index (χ2v) is 5.38. The lowest BCUT2D eigenvalue weighted by molar-refractivity contribution is 0.302. The quantitative estimate of drug-likeness (QED) is 0.715. The van der Waals surface area contributed by atoms with Gasteiger partial charge in [-0.05, 0) is 25.5 Å². The molecule has 0 bridgehead atoms. The number of anilines is 1. The molecule has 0 aliphatic heterocycles. The molecule has 1 aromatic rings.